The molecule has 1 unspecified atom stereocenters. The molecule has 1 heterocycles. The molecule has 1 aliphatic rings. The van der Waals surface area contributed by atoms with Crippen molar-refractivity contribution in [2.75, 3.05) is 6.54 Å². The van der Waals surface area contributed by atoms with Crippen LogP contribution in [0.15, 0.2) is 12.4 Å². The van der Waals surface area contributed by atoms with Crippen LogP contribution in [0.25, 0.3) is 0 Å². The van der Waals surface area contributed by atoms with E-state index < -0.39 is 0 Å². The Bertz CT molecular complexity index is 345. The molecule has 1 atom stereocenters. The largest absolute Gasteiger partial charge is 0.309 e. The molecule has 0 saturated heterocycles. The van der Waals surface area contributed by atoms with Gasteiger partial charge in [-0.3, -0.25) is 9.97 Å². The lowest BCUT2D eigenvalue weighted by atomic mass is 10.0. The fourth-order valence-electron chi connectivity index (χ4n) is 2.74. The van der Waals surface area contributed by atoms with Crippen molar-refractivity contribution in [1.82, 2.24) is 15.3 Å². The van der Waals surface area contributed by atoms with Crippen LogP contribution in [0, 0.1) is 12.8 Å². The molecule has 94 valence electrons. The molecule has 1 fully saturated rings. The van der Waals surface area contributed by atoms with E-state index in [2.05, 4.69) is 22.2 Å². The first-order valence-electron chi connectivity index (χ1n) is 6.78. The summed E-state index contributed by atoms with van der Waals surface area (Å²) >= 11 is 0. The summed E-state index contributed by atoms with van der Waals surface area (Å²) < 4.78 is 0. The molecular formula is C14H23N3. The van der Waals surface area contributed by atoms with Gasteiger partial charge < -0.3 is 5.32 Å². The number of hydrogen-bond acceptors (Lipinski definition) is 3. The van der Waals surface area contributed by atoms with E-state index >= 15 is 0 Å². The summed E-state index contributed by atoms with van der Waals surface area (Å²) in [6, 6.07) is 0.310. The van der Waals surface area contributed by atoms with Gasteiger partial charge >= 0.3 is 0 Å². The molecule has 0 aliphatic heterocycles. The molecule has 0 spiro atoms. The third-order valence-electron chi connectivity index (χ3n) is 3.81. The Balaban J connectivity index is 1.77. The predicted molar refractivity (Wildman–Crippen MR) is 69.8 cm³/mol. The van der Waals surface area contributed by atoms with Crippen molar-refractivity contribution in [3.8, 4) is 0 Å². The molecule has 2 rings (SSSR count). The van der Waals surface area contributed by atoms with Crippen molar-refractivity contribution in [3.63, 3.8) is 0 Å². The van der Waals surface area contributed by atoms with Crippen molar-refractivity contribution in [2.45, 2.75) is 52.0 Å². The fraction of sp³-hybridized carbons (Fsp3) is 0.714. The predicted octanol–water partition coefficient (Wildman–Crippen LogP) is 3.02. The molecule has 1 aromatic rings. The molecule has 3 nitrogen and oxygen atoms in total. The van der Waals surface area contributed by atoms with E-state index in [1.807, 2.05) is 6.92 Å². The average Bonchev–Trinajstić information content (AvgIpc) is 2.82. The lowest BCUT2D eigenvalue weighted by Gasteiger charge is -2.16. The monoisotopic (exact) mass is 233 g/mol. The summed E-state index contributed by atoms with van der Waals surface area (Å²) in [4.78, 5) is 8.69. The smallest absolute Gasteiger partial charge is 0.0782 e. The zero-order chi connectivity index (χ0) is 12.1. The number of nitrogens with zero attached hydrogens (tertiary/aromatic N) is 2. The van der Waals surface area contributed by atoms with Gasteiger partial charge in [0, 0.05) is 18.4 Å². The van der Waals surface area contributed by atoms with E-state index in [9.17, 15) is 0 Å². The van der Waals surface area contributed by atoms with E-state index in [0.29, 0.717) is 6.04 Å². The van der Waals surface area contributed by atoms with E-state index in [1.165, 1.54) is 32.1 Å². The fourth-order valence-corrected chi connectivity index (χ4v) is 2.74. The molecule has 0 bridgehead atoms. The highest BCUT2D eigenvalue weighted by molar-refractivity contribution is 5.12. The third kappa shape index (κ3) is 3.50. The second-order valence-electron chi connectivity index (χ2n) is 5.14. The van der Waals surface area contributed by atoms with E-state index in [0.717, 1.165) is 23.9 Å². The van der Waals surface area contributed by atoms with Crippen molar-refractivity contribution in [3.05, 3.63) is 23.8 Å². The van der Waals surface area contributed by atoms with Gasteiger partial charge in [0.2, 0.25) is 0 Å². The van der Waals surface area contributed by atoms with Crippen LogP contribution < -0.4 is 5.32 Å². The molecule has 0 radical (unpaired) electrons. The third-order valence-corrected chi connectivity index (χ3v) is 3.81. The standard InChI is InChI=1S/C14H23N3/c1-11(14-12(2)16-9-10-17-14)15-8-7-13-5-3-4-6-13/h9-11,13,15H,3-8H2,1-2H3. The Morgan fingerprint density at radius 3 is 2.71 bits per heavy atom. The van der Waals surface area contributed by atoms with E-state index in [1.54, 1.807) is 12.4 Å². The molecular weight excluding hydrogens is 210 g/mol. The lowest BCUT2D eigenvalue weighted by molar-refractivity contribution is 0.450. The van der Waals surface area contributed by atoms with E-state index in [4.69, 9.17) is 0 Å². The Labute approximate surface area is 104 Å². The summed E-state index contributed by atoms with van der Waals surface area (Å²) in [5, 5.41) is 3.56. The van der Waals surface area contributed by atoms with Gasteiger partial charge in [-0.25, -0.2) is 0 Å². The van der Waals surface area contributed by atoms with Crippen LogP contribution in [0.4, 0.5) is 0 Å². The SMILES string of the molecule is Cc1nccnc1C(C)NCCC1CCCC1. The molecule has 3 heteroatoms. The summed E-state index contributed by atoms with van der Waals surface area (Å²) in [5.41, 5.74) is 2.12. The Kier molecular flexibility index (Phi) is 4.49. The minimum absolute atomic E-state index is 0.310. The van der Waals surface area contributed by atoms with Gasteiger partial charge in [0.1, 0.15) is 0 Å². The van der Waals surface area contributed by atoms with E-state index in [-0.39, 0.29) is 0 Å². The molecule has 0 amide bonds. The lowest BCUT2D eigenvalue weighted by Crippen LogP contribution is -2.23. The Hall–Kier alpha value is -0.960. The summed E-state index contributed by atoms with van der Waals surface area (Å²) in [6.45, 7) is 5.30. The van der Waals surface area contributed by atoms with Crippen LogP contribution in [0.5, 0.6) is 0 Å². The molecule has 0 aromatic carbocycles. The molecule has 17 heavy (non-hydrogen) atoms. The van der Waals surface area contributed by atoms with Crippen LogP contribution in [0.3, 0.4) is 0 Å². The topological polar surface area (TPSA) is 37.8 Å². The highest BCUT2D eigenvalue weighted by Crippen LogP contribution is 2.27. The maximum absolute atomic E-state index is 4.40. The van der Waals surface area contributed by atoms with Crippen LogP contribution in [0.1, 0.15) is 56.5 Å². The van der Waals surface area contributed by atoms with Crippen molar-refractivity contribution in [2.24, 2.45) is 5.92 Å². The van der Waals surface area contributed by atoms with Crippen molar-refractivity contribution in [1.29, 1.82) is 0 Å². The molecule has 1 aliphatic carbocycles. The highest BCUT2D eigenvalue weighted by Gasteiger charge is 2.15. The number of hydrogen-bond donors (Lipinski definition) is 1. The van der Waals surface area contributed by atoms with Crippen molar-refractivity contribution < 1.29 is 0 Å². The average molecular weight is 233 g/mol. The van der Waals surface area contributed by atoms with Crippen LogP contribution in [-0.4, -0.2) is 16.5 Å². The number of aromatic nitrogens is 2. The first-order chi connectivity index (χ1) is 8.27. The Morgan fingerprint density at radius 2 is 2.00 bits per heavy atom. The second-order valence-corrected chi connectivity index (χ2v) is 5.14. The first-order valence-corrected chi connectivity index (χ1v) is 6.78. The zero-order valence-corrected chi connectivity index (χ0v) is 10.9. The normalized spacial score (nSPS) is 18.5. The molecule has 1 aromatic heterocycles. The number of rotatable bonds is 5. The quantitative estimate of drug-likeness (QED) is 0.849. The molecule has 1 N–H and O–H groups in total. The van der Waals surface area contributed by atoms with Crippen LogP contribution in [-0.2, 0) is 0 Å². The molecule has 1 saturated carbocycles. The van der Waals surface area contributed by atoms with Gasteiger partial charge in [0.05, 0.1) is 11.4 Å². The highest BCUT2D eigenvalue weighted by atomic mass is 14.9. The minimum atomic E-state index is 0.310. The van der Waals surface area contributed by atoms with Gasteiger partial charge in [0.25, 0.3) is 0 Å². The van der Waals surface area contributed by atoms with Gasteiger partial charge in [-0.1, -0.05) is 25.7 Å². The van der Waals surface area contributed by atoms with Crippen LogP contribution in [0.2, 0.25) is 0 Å². The zero-order valence-electron chi connectivity index (χ0n) is 10.9. The number of aryl methyl sites for hydroxylation is 1. The minimum Gasteiger partial charge on any atom is -0.309 e. The van der Waals surface area contributed by atoms with Gasteiger partial charge in [-0.05, 0) is 32.7 Å². The summed E-state index contributed by atoms with van der Waals surface area (Å²) in [7, 11) is 0. The van der Waals surface area contributed by atoms with Gasteiger partial charge in [-0.15, -0.1) is 0 Å². The second kappa shape index (κ2) is 6.10. The summed E-state index contributed by atoms with van der Waals surface area (Å²) in [6.07, 6.45) is 10.6. The van der Waals surface area contributed by atoms with Crippen LogP contribution >= 0.6 is 0 Å². The number of nitrogens with one attached hydrogen (secondary N) is 1. The maximum Gasteiger partial charge on any atom is 0.0782 e. The van der Waals surface area contributed by atoms with Gasteiger partial charge in [-0.2, -0.15) is 0 Å². The Morgan fingerprint density at radius 1 is 1.29 bits per heavy atom. The van der Waals surface area contributed by atoms with Gasteiger partial charge in [0.15, 0.2) is 0 Å². The first kappa shape index (κ1) is 12.5. The summed E-state index contributed by atoms with van der Waals surface area (Å²) in [5.74, 6) is 0.956. The maximum atomic E-state index is 4.40. The van der Waals surface area contributed by atoms with Crippen molar-refractivity contribution >= 4 is 0 Å².